The van der Waals surface area contributed by atoms with Crippen molar-refractivity contribution in [2.75, 3.05) is 6.61 Å². The van der Waals surface area contributed by atoms with Gasteiger partial charge in [-0.1, -0.05) is 11.6 Å². The summed E-state index contributed by atoms with van der Waals surface area (Å²) in [5, 5.41) is 0.776. The molecule has 17 heavy (non-hydrogen) atoms. The van der Waals surface area contributed by atoms with Gasteiger partial charge in [-0.3, -0.25) is 0 Å². The van der Waals surface area contributed by atoms with Crippen molar-refractivity contribution in [2.45, 2.75) is 6.92 Å². The smallest absolute Gasteiger partial charge is 0.222 e. The van der Waals surface area contributed by atoms with E-state index >= 15 is 0 Å². The molecule has 0 amide bonds. The first-order valence-corrected chi connectivity index (χ1v) is 5.87. The second kappa shape index (κ2) is 5.34. The molecule has 0 fully saturated rings. The summed E-state index contributed by atoms with van der Waals surface area (Å²) in [5.41, 5.74) is 1.50. The summed E-state index contributed by atoms with van der Waals surface area (Å²) in [6.07, 6.45) is 1.59. The summed E-state index contributed by atoms with van der Waals surface area (Å²) >= 11 is 11.9. The molecule has 0 saturated heterocycles. The van der Waals surface area contributed by atoms with E-state index < -0.39 is 0 Å². The van der Waals surface area contributed by atoms with Gasteiger partial charge in [0.2, 0.25) is 5.28 Å². The molecule has 1 aromatic carbocycles. The van der Waals surface area contributed by atoms with Gasteiger partial charge in [-0.15, -0.1) is 0 Å². The zero-order chi connectivity index (χ0) is 12.3. The molecular weight excluding hydrogens is 259 g/mol. The van der Waals surface area contributed by atoms with Crippen LogP contribution in [0.15, 0.2) is 30.5 Å². The summed E-state index contributed by atoms with van der Waals surface area (Å²) in [6, 6.07) is 7.22. The number of ether oxygens (including phenoxy) is 1. The van der Waals surface area contributed by atoms with E-state index in [1.807, 2.05) is 19.1 Å². The minimum absolute atomic E-state index is 0.201. The third-order valence-electron chi connectivity index (χ3n) is 2.15. The van der Waals surface area contributed by atoms with Crippen LogP contribution in [-0.2, 0) is 0 Å². The van der Waals surface area contributed by atoms with Crippen molar-refractivity contribution in [3.8, 4) is 17.0 Å². The summed E-state index contributed by atoms with van der Waals surface area (Å²) < 4.78 is 5.36. The highest BCUT2D eigenvalue weighted by Crippen LogP contribution is 2.30. The Kier molecular flexibility index (Phi) is 3.82. The molecule has 0 radical (unpaired) electrons. The van der Waals surface area contributed by atoms with Gasteiger partial charge in [-0.25, -0.2) is 9.97 Å². The third kappa shape index (κ3) is 2.87. The molecule has 0 atom stereocenters. The number of hydrogen-bond acceptors (Lipinski definition) is 3. The number of nitrogens with zero attached hydrogens (tertiary/aromatic N) is 2. The van der Waals surface area contributed by atoms with Crippen LogP contribution in [0.5, 0.6) is 5.75 Å². The SMILES string of the molecule is CCOc1ccc(-c2ccnc(Cl)n2)c(Cl)c1. The van der Waals surface area contributed by atoms with Gasteiger partial charge in [0.15, 0.2) is 0 Å². The summed E-state index contributed by atoms with van der Waals surface area (Å²) in [6.45, 7) is 2.53. The van der Waals surface area contributed by atoms with Gasteiger partial charge >= 0.3 is 0 Å². The van der Waals surface area contributed by atoms with E-state index in [0.717, 1.165) is 11.3 Å². The molecule has 0 aliphatic rings. The molecule has 0 saturated carbocycles. The van der Waals surface area contributed by atoms with Crippen LogP contribution in [0.3, 0.4) is 0 Å². The molecule has 0 aliphatic carbocycles. The predicted octanol–water partition coefficient (Wildman–Crippen LogP) is 3.85. The fraction of sp³-hybridized carbons (Fsp3) is 0.167. The lowest BCUT2D eigenvalue weighted by molar-refractivity contribution is 0.340. The predicted molar refractivity (Wildman–Crippen MR) is 68.7 cm³/mol. The minimum atomic E-state index is 0.201. The maximum absolute atomic E-state index is 6.17. The molecule has 0 spiro atoms. The van der Waals surface area contributed by atoms with E-state index in [1.54, 1.807) is 18.3 Å². The number of halogens is 2. The van der Waals surface area contributed by atoms with Gasteiger partial charge in [0.1, 0.15) is 5.75 Å². The van der Waals surface area contributed by atoms with E-state index in [4.69, 9.17) is 27.9 Å². The van der Waals surface area contributed by atoms with Crippen LogP contribution in [0.2, 0.25) is 10.3 Å². The fourth-order valence-corrected chi connectivity index (χ4v) is 1.86. The van der Waals surface area contributed by atoms with Crippen LogP contribution in [-0.4, -0.2) is 16.6 Å². The molecule has 1 heterocycles. The quantitative estimate of drug-likeness (QED) is 0.794. The fourth-order valence-electron chi connectivity index (χ4n) is 1.44. The Morgan fingerprint density at radius 1 is 1.24 bits per heavy atom. The van der Waals surface area contributed by atoms with E-state index in [9.17, 15) is 0 Å². The Hall–Kier alpha value is -1.32. The molecular formula is C12H10Cl2N2O. The number of aromatic nitrogens is 2. The Balaban J connectivity index is 2.39. The zero-order valence-corrected chi connectivity index (χ0v) is 10.7. The van der Waals surface area contributed by atoms with Gasteiger partial charge in [-0.2, -0.15) is 0 Å². The standard InChI is InChI=1S/C12H10Cl2N2O/c1-2-17-8-3-4-9(10(13)7-8)11-5-6-15-12(14)16-11/h3-7H,2H2,1H3. The molecule has 5 heteroatoms. The normalized spacial score (nSPS) is 10.3. The van der Waals surface area contributed by atoms with E-state index in [1.165, 1.54) is 0 Å². The van der Waals surface area contributed by atoms with Crippen molar-refractivity contribution in [3.63, 3.8) is 0 Å². The topological polar surface area (TPSA) is 35.0 Å². The number of hydrogen-bond donors (Lipinski definition) is 0. The lowest BCUT2D eigenvalue weighted by Crippen LogP contribution is -1.92. The lowest BCUT2D eigenvalue weighted by atomic mass is 10.1. The highest BCUT2D eigenvalue weighted by Gasteiger charge is 2.07. The van der Waals surface area contributed by atoms with Crippen molar-refractivity contribution < 1.29 is 4.74 Å². The molecule has 0 unspecified atom stereocenters. The largest absolute Gasteiger partial charge is 0.494 e. The van der Waals surface area contributed by atoms with Crippen LogP contribution in [0.1, 0.15) is 6.92 Å². The van der Waals surface area contributed by atoms with Crippen molar-refractivity contribution >= 4 is 23.2 Å². The second-order valence-corrected chi connectivity index (χ2v) is 4.03. The van der Waals surface area contributed by atoms with Crippen molar-refractivity contribution in [3.05, 3.63) is 40.8 Å². The monoisotopic (exact) mass is 268 g/mol. The van der Waals surface area contributed by atoms with E-state index in [0.29, 0.717) is 17.3 Å². The Labute approximate surface area is 109 Å². The molecule has 2 rings (SSSR count). The zero-order valence-electron chi connectivity index (χ0n) is 9.15. The highest BCUT2D eigenvalue weighted by atomic mass is 35.5. The van der Waals surface area contributed by atoms with Gasteiger partial charge in [0.25, 0.3) is 0 Å². The summed E-state index contributed by atoms with van der Waals surface area (Å²) in [5.74, 6) is 0.737. The number of benzene rings is 1. The van der Waals surface area contributed by atoms with Gasteiger partial charge in [0, 0.05) is 11.8 Å². The Bertz CT molecular complexity index is 532. The van der Waals surface area contributed by atoms with Crippen molar-refractivity contribution in [1.82, 2.24) is 9.97 Å². The number of rotatable bonds is 3. The maximum atomic E-state index is 6.17. The molecule has 88 valence electrons. The average Bonchev–Trinajstić information content (AvgIpc) is 2.29. The van der Waals surface area contributed by atoms with Crippen molar-refractivity contribution in [2.24, 2.45) is 0 Å². The van der Waals surface area contributed by atoms with Gasteiger partial charge < -0.3 is 4.74 Å². The Morgan fingerprint density at radius 3 is 2.71 bits per heavy atom. The Morgan fingerprint density at radius 2 is 2.06 bits per heavy atom. The first-order chi connectivity index (χ1) is 8.20. The van der Waals surface area contributed by atoms with Gasteiger partial charge in [-0.05, 0) is 42.8 Å². The molecule has 1 aromatic heterocycles. The van der Waals surface area contributed by atoms with Crippen LogP contribution in [0.4, 0.5) is 0 Å². The summed E-state index contributed by atoms with van der Waals surface area (Å²) in [7, 11) is 0. The van der Waals surface area contributed by atoms with E-state index in [2.05, 4.69) is 9.97 Å². The molecule has 0 aliphatic heterocycles. The lowest BCUT2D eigenvalue weighted by Gasteiger charge is -2.07. The first-order valence-electron chi connectivity index (χ1n) is 5.12. The maximum Gasteiger partial charge on any atom is 0.222 e. The first kappa shape index (κ1) is 12.1. The third-order valence-corrected chi connectivity index (χ3v) is 2.65. The van der Waals surface area contributed by atoms with Crippen LogP contribution in [0, 0.1) is 0 Å². The van der Waals surface area contributed by atoms with Crippen molar-refractivity contribution in [1.29, 1.82) is 0 Å². The molecule has 3 nitrogen and oxygen atoms in total. The van der Waals surface area contributed by atoms with Gasteiger partial charge in [0.05, 0.1) is 17.3 Å². The second-order valence-electron chi connectivity index (χ2n) is 3.29. The molecule has 2 aromatic rings. The van der Waals surface area contributed by atoms with Crippen LogP contribution in [0.25, 0.3) is 11.3 Å². The molecule has 0 bridgehead atoms. The summed E-state index contributed by atoms with van der Waals surface area (Å²) in [4.78, 5) is 7.94. The minimum Gasteiger partial charge on any atom is -0.494 e. The average molecular weight is 269 g/mol. The van der Waals surface area contributed by atoms with E-state index in [-0.39, 0.29) is 5.28 Å². The molecule has 0 N–H and O–H groups in total. The van der Waals surface area contributed by atoms with Crippen LogP contribution < -0.4 is 4.74 Å². The highest BCUT2D eigenvalue weighted by molar-refractivity contribution is 6.33. The van der Waals surface area contributed by atoms with Crippen LogP contribution >= 0.6 is 23.2 Å².